The molecule has 0 saturated carbocycles. The summed E-state index contributed by atoms with van der Waals surface area (Å²) in [6.07, 6.45) is 2.96. The summed E-state index contributed by atoms with van der Waals surface area (Å²) in [6.45, 7) is 4.56. The van der Waals surface area contributed by atoms with Crippen LogP contribution in [0.1, 0.15) is 15.2 Å². The van der Waals surface area contributed by atoms with E-state index in [-0.39, 0.29) is 0 Å². The molecule has 4 rings (SSSR count). The van der Waals surface area contributed by atoms with Crippen LogP contribution >= 0.6 is 11.3 Å². The standard InChI is InChI=1S/C18H18N2O2S/c21-13-14-11-15-3-1-2-6-20(15)18(14)17-5-4-16(23-17)12-19-7-9-22-10-8-19/h1-6,11,13H,7-10,12H2. The number of thiophene rings is 1. The lowest BCUT2D eigenvalue weighted by molar-refractivity contribution is 0.0346. The van der Waals surface area contributed by atoms with Gasteiger partial charge in [-0.3, -0.25) is 9.69 Å². The summed E-state index contributed by atoms with van der Waals surface area (Å²) in [5, 5.41) is 0. The number of pyridine rings is 1. The minimum Gasteiger partial charge on any atom is -0.379 e. The summed E-state index contributed by atoms with van der Waals surface area (Å²) in [5.41, 5.74) is 2.79. The Hall–Kier alpha value is -1.95. The average Bonchev–Trinajstić information content (AvgIpc) is 3.19. The van der Waals surface area contributed by atoms with Gasteiger partial charge < -0.3 is 9.14 Å². The Morgan fingerprint density at radius 1 is 1.17 bits per heavy atom. The van der Waals surface area contributed by atoms with Gasteiger partial charge >= 0.3 is 0 Å². The van der Waals surface area contributed by atoms with Crippen molar-refractivity contribution in [2.45, 2.75) is 6.54 Å². The van der Waals surface area contributed by atoms with Gasteiger partial charge in [-0.25, -0.2) is 0 Å². The van der Waals surface area contributed by atoms with Gasteiger partial charge in [-0.05, 0) is 30.3 Å². The van der Waals surface area contributed by atoms with Gasteiger partial charge in [0, 0.05) is 41.8 Å². The Balaban J connectivity index is 1.67. The van der Waals surface area contributed by atoms with Crippen molar-refractivity contribution in [3.8, 4) is 10.6 Å². The molecule has 3 aromatic heterocycles. The molecular weight excluding hydrogens is 308 g/mol. The second kappa shape index (κ2) is 6.28. The highest BCUT2D eigenvalue weighted by Gasteiger charge is 2.16. The number of hydrogen-bond acceptors (Lipinski definition) is 4. The molecule has 118 valence electrons. The topological polar surface area (TPSA) is 34.0 Å². The summed E-state index contributed by atoms with van der Waals surface area (Å²) in [5.74, 6) is 0. The van der Waals surface area contributed by atoms with Crippen molar-refractivity contribution in [2.24, 2.45) is 0 Å². The lowest BCUT2D eigenvalue weighted by Crippen LogP contribution is -2.35. The molecule has 0 unspecified atom stereocenters. The molecule has 4 nitrogen and oxygen atoms in total. The van der Waals surface area contributed by atoms with Crippen LogP contribution in [0.4, 0.5) is 0 Å². The van der Waals surface area contributed by atoms with Gasteiger partial charge in [0.1, 0.15) is 0 Å². The van der Waals surface area contributed by atoms with Crippen molar-refractivity contribution < 1.29 is 9.53 Å². The minimum absolute atomic E-state index is 0.746. The maximum Gasteiger partial charge on any atom is 0.152 e. The molecule has 5 heteroatoms. The fourth-order valence-corrected chi connectivity index (χ4v) is 4.18. The van der Waals surface area contributed by atoms with Gasteiger partial charge in [0.05, 0.1) is 23.8 Å². The second-order valence-corrected chi connectivity index (χ2v) is 6.88. The molecule has 0 bridgehead atoms. The predicted molar refractivity (Wildman–Crippen MR) is 92.2 cm³/mol. The molecule has 4 heterocycles. The third kappa shape index (κ3) is 2.83. The third-order valence-corrected chi connectivity index (χ3v) is 5.29. The minimum atomic E-state index is 0.746. The first kappa shape index (κ1) is 14.6. The van der Waals surface area contributed by atoms with E-state index in [0.29, 0.717) is 0 Å². The number of aromatic nitrogens is 1. The van der Waals surface area contributed by atoms with Crippen LogP contribution in [-0.4, -0.2) is 41.9 Å². The summed E-state index contributed by atoms with van der Waals surface area (Å²) >= 11 is 1.77. The highest BCUT2D eigenvalue weighted by molar-refractivity contribution is 7.15. The van der Waals surface area contributed by atoms with Crippen molar-refractivity contribution in [1.29, 1.82) is 0 Å². The van der Waals surface area contributed by atoms with Crippen molar-refractivity contribution >= 4 is 23.1 Å². The van der Waals surface area contributed by atoms with Crippen molar-refractivity contribution in [3.05, 3.63) is 53.0 Å². The molecule has 0 aromatic carbocycles. The first-order valence-corrected chi connectivity index (χ1v) is 8.61. The molecule has 0 amide bonds. The van der Waals surface area contributed by atoms with E-state index in [1.165, 1.54) is 4.88 Å². The highest BCUT2D eigenvalue weighted by atomic mass is 32.1. The molecule has 1 fully saturated rings. The van der Waals surface area contributed by atoms with Crippen LogP contribution < -0.4 is 0 Å². The van der Waals surface area contributed by atoms with Crippen LogP contribution in [0.5, 0.6) is 0 Å². The van der Waals surface area contributed by atoms with E-state index in [2.05, 4.69) is 21.4 Å². The molecule has 23 heavy (non-hydrogen) atoms. The van der Waals surface area contributed by atoms with E-state index in [0.717, 1.165) is 60.8 Å². The number of carbonyl (C=O) groups is 1. The number of hydrogen-bond donors (Lipinski definition) is 0. The van der Waals surface area contributed by atoms with Gasteiger partial charge in [0.2, 0.25) is 0 Å². The Morgan fingerprint density at radius 3 is 2.87 bits per heavy atom. The summed E-state index contributed by atoms with van der Waals surface area (Å²) in [6, 6.07) is 12.3. The van der Waals surface area contributed by atoms with Gasteiger partial charge in [0.25, 0.3) is 0 Å². The van der Waals surface area contributed by atoms with E-state index in [4.69, 9.17) is 4.74 Å². The van der Waals surface area contributed by atoms with E-state index >= 15 is 0 Å². The van der Waals surface area contributed by atoms with E-state index in [1.807, 2.05) is 30.5 Å². The zero-order valence-electron chi connectivity index (χ0n) is 12.8. The van der Waals surface area contributed by atoms with Crippen LogP contribution in [-0.2, 0) is 11.3 Å². The average molecular weight is 326 g/mol. The fraction of sp³-hybridized carbons (Fsp3) is 0.278. The van der Waals surface area contributed by atoms with Crippen molar-refractivity contribution in [3.63, 3.8) is 0 Å². The number of fused-ring (bicyclic) bond motifs is 1. The van der Waals surface area contributed by atoms with E-state index in [9.17, 15) is 4.79 Å². The fourth-order valence-electron chi connectivity index (χ4n) is 3.06. The number of ether oxygens (including phenoxy) is 1. The summed E-state index contributed by atoms with van der Waals surface area (Å²) in [4.78, 5) is 16.3. The monoisotopic (exact) mass is 326 g/mol. The van der Waals surface area contributed by atoms with Gasteiger partial charge in [-0.2, -0.15) is 0 Å². The Bertz CT molecular complexity index is 831. The highest BCUT2D eigenvalue weighted by Crippen LogP contribution is 2.33. The van der Waals surface area contributed by atoms with Crippen LogP contribution in [0, 0.1) is 0 Å². The van der Waals surface area contributed by atoms with Crippen LogP contribution in [0.15, 0.2) is 42.6 Å². The Morgan fingerprint density at radius 2 is 2.04 bits per heavy atom. The SMILES string of the molecule is O=Cc1cc2ccccn2c1-c1ccc(CN2CCOCC2)s1. The smallest absolute Gasteiger partial charge is 0.152 e. The molecule has 1 saturated heterocycles. The van der Waals surface area contributed by atoms with Crippen molar-refractivity contribution in [2.75, 3.05) is 26.3 Å². The molecule has 0 radical (unpaired) electrons. The zero-order chi connectivity index (χ0) is 15.6. The van der Waals surface area contributed by atoms with Crippen LogP contribution in [0.3, 0.4) is 0 Å². The molecule has 1 aliphatic heterocycles. The van der Waals surface area contributed by atoms with E-state index < -0.39 is 0 Å². The van der Waals surface area contributed by atoms with E-state index in [1.54, 1.807) is 11.3 Å². The largest absolute Gasteiger partial charge is 0.379 e. The lowest BCUT2D eigenvalue weighted by Gasteiger charge is -2.25. The third-order valence-electron chi connectivity index (χ3n) is 4.21. The zero-order valence-corrected chi connectivity index (χ0v) is 13.6. The molecule has 1 aliphatic rings. The maximum atomic E-state index is 11.5. The Kier molecular flexibility index (Phi) is 3.99. The number of nitrogens with zero attached hydrogens (tertiary/aromatic N) is 2. The quantitative estimate of drug-likeness (QED) is 0.690. The molecule has 0 spiro atoms. The normalized spacial score (nSPS) is 16.0. The Labute approximate surface area is 138 Å². The number of carbonyl (C=O) groups excluding carboxylic acids is 1. The van der Waals surface area contributed by atoms with Gasteiger partial charge in [-0.15, -0.1) is 11.3 Å². The first-order valence-electron chi connectivity index (χ1n) is 7.79. The summed E-state index contributed by atoms with van der Waals surface area (Å²) in [7, 11) is 0. The molecule has 0 atom stereocenters. The summed E-state index contributed by atoms with van der Waals surface area (Å²) < 4.78 is 7.49. The number of aldehydes is 1. The lowest BCUT2D eigenvalue weighted by atomic mass is 10.2. The predicted octanol–water partition coefficient (Wildman–Crippen LogP) is 3.31. The molecule has 3 aromatic rings. The van der Waals surface area contributed by atoms with Gasteiger partial charge in [0.15, 0.2) is 6.29 Å². The molecule has 0 N–H and O–H groups in total. The first-order chi connectivity index (χ1) is 11.3. The van der Waals surface area contributed by atoms with Gasteiger partial charge in [-0.1, -0.05) is 6.07 Å². The van der Waals surface area contributed by atoms with Crippen LogP contribution in [0.25, 0.3) is 16.1 Å². The molecule has 0 aliphatic carbocycles. The number of rotatable bonds is 4. The van der Waals surface area contributed by atoms with Crippen LogP contribution in [0.2, 0.25) is 0 Å². The molecular formula is C18H18N2O2S. The maximum absolute atomic E-state index is 11.5. The number of morpholine rings is 1. The second-order valence-electron chi connectivity index (χ2n) is 5.72. The van der Waals surface area contributed by atoms with Crippen molar-refractivity contribution in [1.82, 2.24) is 9.30 Å².